The monoisotopic (exact) mass is 201 g/mol. The van der Waals surface area contributed by atoms with Crippen molar-refractivity contribution >= 4 is 11.7 Å². The second kappa shape index (κ2) is 3.80. The smallest absolute Gasteiger partial charge is 0.384 e. The summed E-state index contributed by atoms with van der Waals surface area (Å²) >= 11 is 0. The Kier molecular flexibility index (Phi) is 2.33. The van der Waals surface area contributed by atoms with Crippen LogP contribution in [0.1, 0.15) is 5.69 Å². The maximum absolute atomic E-state index is 10.8. The fourth-order valence-corrected chi connectivity index (χ4v) is 1.09. The Labute approximate surface area is 85.7 Å². The second-order valence-electron chi connectivity index (χ2n) is 2.67. The van der Waals surface area contributed by atoms with Gasteiger partial charge in [-0.05, 0) is 12.0 Å². The van der Waals surface area contributed by atoms with E-state index in [2.05, 4.69) is 26.5 Å². The Balaban J connectivity index is 2.43. The molecule has 15 heavy (non-hydrogen) atoms. The van der Waals surface area contributed by atoms with Crippen LogP contribution in [-0.4, -0.2) is 27.4 Å². The number of carbonyl (C=O) groups is 1. The molecule has 2 aromatic heterocycles. The van der Waals surface area contributed by atoms with Crippen LogP contribution >= 0.6 is 0 Å². The maximum atomic E-state index is 10.8. The number of imidazole rings is 1. The van der Waals surface area contributed by atoms with Crippen molar-refractivity contribution in [1.82, 2.24) is 14.4 Å². The topological polar surface area (TPSA) is 56.5 Å². The second-order valence-corrected chi connectivity index (χ2v) is 2.67. The zero-order chi connectivity index (χ0) is 10.7. The van der Waals surface area contributed by atoms with Gasteiger partial charge in [-0.15, -0.1) is 0 Å². The first-order valence-corrected chi connectivity index (χ1v) is 4.19. The molecule has 0 aromatic carbocycles. The molecule has 2 rings (SSSR count). The largest absolute Gasteiger partial charge is 0.459 e. The Hall–Kier alpha value is -2.35. The molecule has 5 heteroatoms. The summed E-state index contributed by atoms with van der Waals surface area (Å²) in [4.78, 5) is 18.8. The summed E-state index contributed by atoms with van der Waals surface area (Å²) in [6.45, 7) is 0. The Morgan fingerprint density at radius 2 is 2.40 bits per heavy atom. The molecular weight excluding hydrogens is 194 g/mol. The van der Waals surface area contributed by atoms with E-state index in [1.165, 1.54) is 7.11 Å². The van der Waals surface area contributed by atoms with Gasteiger partial charge >= 0.3 is 5.97 Å². The van der Waals surface area contributed by atoms with Crippen molar-refractivity contribution < 1.29 is 9.53 Å². The first-order chi connectivity index (χ1) is 7.31. The number of nitrogens with zero attached hydrogens (tertiary/aromatic N) is 3. The average Bonchev–Trinajstić information content (AvgIpc) is 2.69. The Morgan fingerprint density at radius 1 is 1.53 bits per heavy atom. The number of fused-ring (bicyclic) bond motifs is 1. The van der Waals surface area contributed by atoms with Gasteiger partial charge < -0.3 is 4.74 Å². The fourth-order valence-electron chi connectivity index (χ4n) is 1.09. The number of ether oxygens (including phenoxy) is 1. The number of hydrogen-bond donors (Lipinski definition) is 0. The van der Waals surface area contributed by atoms with E-state index in [-0.39, 0.29) is 0 Å². The van der Waals surface area contributed by atoms with Crippen molar-refractivity contribution in [3.05, 3.63) is 30.4 Å². The van der Waals surface area contributed by atoms with Crippen molar-refractivity contribution in [1.29, 1.82) is 0 Å². The van der Waals surface area contributed by atoms with Gasteiger partial charge in [0.2, 0.25) is 5.78 Å². The van der Waals surface area contributed by atoms with Crippen LogP contribution in [0, 0.1) is 11.8 Å². The molecule has 74 valence electrons. The summed E-state index contributed by atoms with van der Waals surface area (Å²) in [6, 6.07) is 1.76. The lowest BCUT2D eigenvalue weighted by Gasteiger charge is -1.91. The minimum atomic E-state index is -0.575. The molecule has 0 amide bonds. The highest BCUT2D eigenvalue weighted by Crippen LogP contribution is 2.00. The quantitative estimate of drug-likeness (QED) is 0.453. The van der Waals surface area contributed by atoms with Gasteiger partial charge in [0, 0.05) is 18.3 Å². The van der Waals surface area contributed by atoms with Crippen LogP contribution in [0.25, 0.3) is 5.78 Å². The summed E-state index contributed by atoms with van der Waals surface area (Å²) in [5.74, 6) is 4.95. The van der Waals surface area contributed by atoms with Crippen LogP contribution in [0.4, 0.5) is 0 Å². The van der Waals surface area contributed by atoms with E-state index < -0.39 is 5.97 Å². The first-order valence-electron chi connectivity index (χ1n) is 4.19. The highest BCUT2D eigenvalue weighted by atomic mass is 16.5. The maximum Gasteiger partial charge on any atom is 0.384 e. The van der Waals surface area contributed by atoms with E-state index in [0.717, 1.165) is 0 Å². The summed E-state index contributed by atoms with van der Waals surface area (Å²) in [7, 11) is 1.28. The molecule has 0 radical (unpaired) electrons. The third-order valence-electron chi connectivity index (χ3n) is 1.77. The highest BCUT2D eigenvalue weighted by Gasteiger charge is 1.99. The first kappa shape index (κ1) is 9.21. The van der Waals surface area contributed by atoms with E-state index in [1.54, 1.807) is 29.1 Å². The number of esters is 1. The normalized spacial score (nSPS) is 9.40. The molecule has 0 bridgehead atoms. The molecule has 0 aliphatic rings. The van der Waals surface area contributed by atoms with E-state index in [9.17, 15) is 4.79 Å². The number of hydrogen-bond acceptors (Lipinski definition) is 4. The van der Waals surface area contributed by atoms with Gasteiger partial charge in [0.25, 0.3) is 0 Å². The Bertz CT molecular complexity index is 563. The van der Waals surface area contributed by atoms with Crippen molar-refractivity contribution in [2.75, 3.05) is 7.11 Å². The van der Waals surface area contributed by atoms with Crippen LogP contribution in [0.5, 0.6) is 0 Å². The number of carbonyl (C=O) groups excluding carboxylic acids is 1. The molecule has 0 saturated heterocycles. The predicted octanol–water partition coefficient (Wildman–Crippen LogP) is 0.254. The van der Waals surface area contributed by atoms with Crippen molar-refractivity contribution in [2.45, 2.75) is 0 Å². The van der Waals surface area contributed by atoms with Crippen LogP contribution < -0.4 is 0 Å². The molecule has 0 N–H and O–H groups in total. The van der Waals surface area contributed by atoms with Gasteiger partial charge in [0.1, 0.15) is 5.69 Å². The van der Waals surface area contributed by atoms with Crippen molar-refractivity contribution in [2.24, 2.45) is 0 Å². The van der Waals surface area contributed by atoms with E-state index >= 15 is 0 Å². The van der Waals surface area contributed by atoms with Gasteiger partial charge in [-0.25, -0.2) is 14.8 Å². The Morgan fingerprint density at radius 3 is 3.20 bits per heavy atom. The molecular formula is C10H7N3O2. The number of rotatable bonds is 0. The zero-order valence-corrected chi connectivity index (χ0v) is 7.97. The van der Waals surface area contributed by atoms with Crippen LogP contribution in [0.15, 0.2) is 24.7 Å². The number of aromatic nitrogens is 3. The zero-order valence-electron chi connectivity index (χ0n) is 7.97. The predicted molar refractivity (Wildman–Crippen MR) is 51.9 cm³/mol. The lowest BCUT2D eigenvalue weighted by molar-refractivity contribution is -0.133. The third kappa shape index (κ3) is 1.79. The molecule has 2 heterocycles. The molecule has 2 aromatic rings. The van der Waals surface area contributed by atoms with E-state index in [1.807, 2.05) is 0 Å². The standard InChI is InChI=1S/C10H7N3O2/c1-15-9(14)4-3-8-7-12-10-11-5-2-6-13(8)10/h2,5-7H,1H3. The van der Waals surface area contributed by atoms with E-state index in [0.29, 0.717) is 11.5 Å². The van der Waals surface area contributed by atoms with Gasteiger partial charge in [-0.1, -0.05) is 0 Å². The van der Waals surface area contributed by atoms with Gasteiger partial charge in [0.15, 0.2) is 0 Å². The molecule has 0 unspecified atom stereocenters. The minimum absolute atomic E-state index is 0.548. The van der Waals surface area contributed by atoms with Crippen LogP contribution in [0.3, 0.4) is 0 Å². The third-order valence-corrected chi connectivity index (χ3v) is 1.77. The lowest BCUT2D eigenvalue weighted by Crippen LogP contribution is -1.95. The molecule has 5 nitrogen and oxygen atoms in total. The van der Waals surface area contributed by atoms with Gasteiger partial charge in [-0.2, -0.15) is 0 Å². The van der Waals surface area contributed by atoms with Crippen molar-refractivity contribution in [3.63, 3.8) is 0 Å². The summed E-state index contributed by atoms with van der Waals surface area (Å²) in [5.41, 5.74) is 0.600. The molecule has 0 atom stereocenters. The van der Waals surface area contributed by atoms with Crippen LogP contribution in [-0.2, 0) is 9.53 Å². The summed E-state index contributed by atoms with van der Waals surface area (Å²) in [6.07, 6.45) is 4.97. The average molecular weight is 201 g/mol. The molecule has 0 spiro atoms. The lowest BCUT2D eigenvalue weighted by atomic mass is 10.4. The van der Waals surface area contributed by atoms with E-state index in [4.69, 9.17) is 0 Å². The van der Waals surface area contributed by atoms with Crippen molar-refractivity contribution in [3.8, 4) is 11.8 Å². The minimum Gasteiger partial charge on any atom is -0.459 e. The highest BCUT2D eigenvalue weighted by molar-refractivity contribution is 5.88. The molecule has 0 fully saturated rings. The molecule has 0 aliphatic heterocycles. The van der Waals surface area contributed by atoms with Gasteiger partial charge in [0.05, 0.1) is 13.3 Å². The van der Waals surface area contributed by atoms with Gasteiger partial charge in [-0.3, -0.25) is 4.40 Å². The SMILES string of the molecule is COC(=O)C#Cc1cnc2ncccn12. The summed E-state index contributed by atoms with van der Waals surface area (Å²) in [5, 5.41) is 0. The van der Waals surface area contributed by atoms with Crippen LogP contribution in [0.2, 0.25) is 0 Å². The summed E-state index contributed by atoms with van der Waals surface area (Å²) < 4.78 is 6.09. The fraction of sp³-hybridized carbons (Fsp3) is 0.100. The molecule has 0 aliphatic carbocycles. The molecule has 0 saturated carbocycles. The number of methoxy groups -OCH3 is 1.